The minimum Gasteiger partial charge on any atom is -0.454 e. The molecule has 4 rings (SSSR count). The van der Waals surface area contributed by atoms with E-state index in [0.717, 1.165) is 22.4 Å². The molecule has 0 saturated heterocycles. The molecule has 0 unspecified atom stereocenters. The lowest BCUT2D eigenvalue weighted by molar-refractivity contribution is -0.115. The second-order valence-corrected chi connectivity index (χ2v) is 9.47. The molecule has 1 aromatic heterocycles. The fraction of sp³-hybridized carbons (Fsp3) is 0.429. The Morgan fingerprint density at radius 2 is 2.04 bits per heavy atom. The highest BCUT2D eigenvalue weighted by molar-refractivity contribution is 7.17. The zero-order chi connectivity index (χ0) is 20.1. The van der Waals surface area contributed by atoms with Crippen LogP contribution in [0.4, 0.5) is 5.00 Å². The van der Waals surface area contributed by atoms with Gasteiger partial charge in [-0.2, -0.15) is 5.26 Å². The van der Waals surface area contributed by atoms with E-state index in [2.05, 4.69) is 44.4 Å². The lowest BCUT2D eigenvalue weighted by Gasteiger charge is -2.42. The topological polar surface area (TPSA) is 83.4 Å². The van der Waals surface area contributed by atoms with Crippen LogP contribution in [0.3, 0.4) is 0 Å². The zero-order valence-corrected chi connectivity index (χ0v) is 17.3. The number of thiophene rings is 1. The molecule has 2 aliphatic heterocycles. The minimum atomic E-state index is -0.256. The molecule has 3 heterocycles. The minimum absolute atomic E-state index is 0.114. The number of fused-ring (bicyclic) bond motifs is 2. The van der Waals surface area contributed by atoms with Crippen LogP contribution in [0, 0.1) is 11.3 Å². The molecule has 6 nitrogen and oxygen atoms in total. The van der Waals surface area contributed by atoms with Crippen molar-refractivity contribution in [1.29, 1.82) is 5.26 Å². The number of ether oxygens (including phenoxy) is 2. The van der Waals surface area contributed by atoms with E-state index in [9.17, 15) is 10.1 Å². The maximum absolute atomic E-state index is 12.7. The molecule has 7 heteroatoms. The van der Waals surface area contributed by atoms with Crippen molar-refractivity contribution < 1.29 is 14.3 Å². The van der Waals surface area contributed by atoms with Crippen molar-refractivity contribution >= 4 is 22.2 Å². The van der Waals surface area contributed by atoms with Gasteiger partial charge in [0.2, 0.25) is 12.7 Å². The van der Waals surface area contributed by atoms with E-state index in [1.165, 1.54) is 11.3 Å². The van der Waals surface area contributed by atoms with Crippen LogP contribution in [0.5, 0.6) is 11.5 Å². The van der Waals surface area contributed by atoms with Crippen LogP contribution < -0.4 is 20.1 Å². The lowest BCUT2D eigenvalue weighted by atomic mass is 9.81. The Morgan fingerprint density at radius 1 is 1.29 bits per heavy atom. The van der Waals surface area contributed by atoms with E-state index in [1.54, 1.807) is 0 Å². The number of hydrogen-bond acceptors (Lipinski definition) is 6. The third kappa shape index (κ3) is 3.34. The molecule has 28 heavy (non-hydrogen) atoms. The molecular formula is C21H23N3O3S. The van der Waals surface area contributed by atoms with Crippen LogP contribution in [0.15, 0.2) is 18.2 Å². The average Bonchev–Trinajstić information content (AvgIpc) is 3.17. The number of benzene rings is 1. The maximum atomic E-state index is 12.7. The summed E-state index contributed by atoms with van der Waals surface area (Å²) in [5, 5.41) is 17.0. The summed E-state index contributed by atoms with van der Waals surface area (Å²) in [5.74, 6) is 1.20. The Kier molecular flexibility index (Phi) is 4.36. The summed E-state index contributed by atoms with van der Waals surface area (Å²) in [6, 6.07) is 7.80. The van der Waals surface area contributed by atoms with Gasteiger partial charge in [0.1, 0.15) is 11.1 Å². The van der Waals surface area contributed by atoms with Crippen molar-refractivity contribution in [2.75, 3.05) is 12.1 Å². The van der Waals surface area contributed by atoms with Gasteiger partial charge in [0.15, 0.2) is 11.5 Å². The Morgan fingerprint density at radius 3 is 2.79 bits per heavy atom. The van der Waals surface area contributed by atoms with E-state index < -0.39 is 0 Å². The second kappa shape index (κ2) is 6.50. The van der Waals surface area contributed by atoms with Crippen LogP contribution >= 0.6 is 11.3 Å². The van der Waals surface area contributed by atoms with E-state index in [1.807, 2.05) is 18.2 Å². The number of nitrogens with one attached hydrogen (secondary N) is 2. The van der Waals surface area contributed by atoms with Gasteiger partial charge in [0, 0.05) is 16.0 Å². The first-order valence-electron chi connectivity index (χ1n) is 9.22. The number of amides is 1. The molecule has 2 N–H and O–H groups in total. The smallest absolute Gasteiger partial charge is 0.231 e. The van der Waals surface area contributed by atoms with Gasteiger partial charge in [-0.05, 0) is 57.4 Å². The normalized spacial score (nSPS) is 18.2. The molecule has 146 valence electrons. The molecule has 0 atom stereocenters. The average molecular weight is 398 g/mol. The molecule has 2 aliphatic rings. The van der Waals surface area contributed by atoms with E-state index in [-0.39, 0.29) is 30.2 Å². The van der Waals surface area contributed by atoms with Crippen LogP contribution in [-0.4, -0.2) is 18.2 Å². The number of rotatable bonds is 3. The van der Waals surface area contributed by atoms with Crippen molar-refractivity contribution in [1.82, 2.24) is 5.32 Å². The summed E-state index contributed by atoms with van der Waals surface area (Å²) in [4.78, 5) is 13.8. The third-order valence-corrected chi connectivity index (χ3v) is 6.48. The van der Waals surface area contributed by atoms with Crippen molar-refractivity contribution in [3.8, 4) is 17.6 Å². The predicted molar refractivity (Wildman–Crippen MR) is 108 cm³/mol. The molecule has 0 radical (unpaired) electrons. The van der Waals surface area contributed by atoms with E-state index >= 15 is 0 Å². The van der Waals surface area contributed by atoms with Crippen molar-refractivity contribution in [3.63, 3.8) is 0 Å². The van der Waals surface area contributed by atoms with Gasteiger partial charge >= 0.3 is 0 Å². The molecule has 1 aromatic carbocycles. The van der Waals surface area contributed by atoms with Gasteiger partial charge < -0.3 is 20.1 Å². The number of carbonyl (C=O) groups is 1. The summed E-state index contributed by atoms with van der Waals surface area (Å²) < 4.78 is 10.7. The maximum Gasteiger partial charge on any atom is 0.231 e. The number of nitrogens with zero attached hydrogens (tertiary/aromatic N) is 1. The number of anilines is 1. The highest BCUT2D eigenvalue weighted by Gasteiger charge is 2.40. The van der Waals surface area contributed by atoms with Crippen molar-refractivity contribution in [3.05, 3.63) is 39.8 Å². The van der Waals surface area contributed by atoms with Gasteiger partial charge in [-0.1, -0.05) is 6.07 Å². The van der Waals surface area contributed by atoms with E-state index in [0.29, 0.717) is 22.1 Å². The summed E-state index contributed by atoms with van der Waals surface area (Å²) in [6.07, 6.45) is 0.959. The molecular weight excluding hydrogens is 374 g/mol. The monoisotopic (exact) mass is 397 g/mol. The summed E-state index contributed by atoms with van der Waals surface area (Å²) >= 11 is 1.49. The van der Waals surface area contributed by atoms with Crippen molar-refractivity contribution in [2.24, 2.45) is 0 Å². The lowest BCUT2D eigenvalue weighted by Crippen LogP contribution is -2.54. The van der Waals surface area contributed by atoms with Gasteiger partial charge in [-0.25, -0.2) is 0 Å². The highest BCUT2D eigenvalue weighted by atomic mass is 32.1. The molecule has 1 amide bonds. The third-order valence-electron chi connectivity index (χ3n) is 5.01. The highest BCUT2D eigenvalue weighted by Crippen LogP contribution is 2.44. The first-order valence-corrected chi connectivity index (χ1v) is 10.0. The standard InChI is InChI=1S/C21H23N3O3S/c1-20(2)9-13-14(10-22)19(28-18(13)21(3,4)24-20)23-17(25)8-12-5-6-15-16(7-12)27-11-26-15/h5-7,24H,8-9,11H2,1-4H3,(H,23,25). The van der Waals surface area contributed by atoms with Gasteiger partial charge in [0.25, 0.3) is 0 Å². The molecule has 2 aromatic rings. The molecule has 0 fully saturated rings. The summed E-state index contributed by atoms with van der Waals surface area (Å²) in [5.41, 5.74) is 2.09. The van der Waals surface area contributed by atoms with Crippen LogP contribution in [0.1, 0.15) is 49.3 Å². The van der Waals surface area contributed by atoms with Crippen LogP contribution in [-0.2, 0) is 23.2 Å². The Bertz CT molecular complexity index is 1000. The van der Waals surface area contributed by atoms with Gasteiger partial charge in [-0.15, -0.1) is 11.3 Å². The molecule has 0 spiro atoms. The fourth-order valence-electron chi connectivity index (χ4n) is 4.14. The first-order chi connectivity index (χ1) is 13.2. The Balaban J connectivity index is 1.58. The molecule has 0 bridgehead atoms. The quantitative estimate of drug-likeness (QED) is 0.825. The second-order valence-electron chi connectivity index (χ2n) is 8.45. The summed E-state index contributed by atoms with van der Waals surface area (Å²) in [7, 11) is 0. The van der Waals surface area contributed by atoms with Gasteiger partial charge in [-0.3, -0.25) is 4.79 Å². The van der Waals surface area contributed by atoms with Crippen LogP contribution in [0.25, 0.3) is 0 Å². The summed E-state index contributed by atoms with van der Waals surface area (Å²) in [6.45, 7) is 8.70. The Labute approximate surface area is 168 Å². The largest absolute Gasteiger partial charge is 0.454 e. The predicted octanol–water partition coefficient (Wildman–Crippen LogP) is 3.69. The van der Waals surface area contributed by atoms with Crippen LogP contribution in [0.2, 0.25) is 0 Å². The van der Waals surface area contributed by atoms with Gasteiger partial charge in [0.05, 0.1) is 12.0 Å². The van der Waals surface area contributed by atoms with E-state index in [4.69, 9.17) is 9.47 Å². The Hall–Kier alpha value is -2.56. The molecule has 0 saturated carbocycles. The SMILES string of the molecule is CC1(C)Cc2c(sc(NC(=O)Cc3ccc4c(c3)OCO4)c2C#N)C(C)(C)N1. The number of carbonyl (C=O) groups excluding carboxylic acids is 1. The number of hydrogen-bond donors (Lipinski definition) is 2. The van der Waals surface area contributed by atoms with Crippen molar-refractivity contribution in [2.45, 2.75) is 51.6 Å². The zero-order valence-electron chi connectivity index (χ0n) is 16.4. The molecule has 0 aliphatic carbocycles. The fourth-order valence-corrected chi connectivity index (χ4v) is 5.38. The number of nitriles is 1. The first kappa shape index (κ1) is 18.8.